The lowest BCUT2D eigenvalue weighted by Gasteiger charge is -2.21. The Balaban J connectivity index is 5.24. The second-order valence-corrected chi connectivity index (χ2v) is 32.1. The summed E-state index contributed by atoms with van der Waals surface area (Å²) in [6, 6.07) is 0. The van der Waals surface area contributed by atoms with Crippen molar-refractivity contribution >= 4 is 39.5 Å². The molecule has 0 aromatic carbocycles. The molecule has 0 radical (unpaired) electrons. The summed E-state index contributed by atoms with van der Waals surface area (Å²) in [6.45, 7) is 5.03. The van der Waals surface area contributed by atoms with Crippen LogP contribution in [0.3, 0.4) is 0 Å². The van der Waals surface area contributed by atoms with E-state index in [1.807, 2.05) is 0 Å². The first kappa shape index (κ1) is 98.1. The lowest BCUT2D eigenvalue weighted by atomic mass is 10.0. The van der Waals surface area contributed by atoms with E-state index in [4.69, 9.17) is 37.0 Å². The van der Waals surface area contributed by atoms with Crippen LogP contribution in [-0.2, 0) is 65.4 Å². The summed E-state index contributed by atoms with van der Waals surface area (Å²) in [5.74, 6) is -2.10. The lowest BCUT2D eigenvalue weighted by molar-refractivity contribution is -0.161. The van der Waals surface area contributed by atoms with E-state index in [1.165, 1.54) is 270 Å². The van der Waals surface area contributed by atoms with Crippen molar-refractivity contribution in [1.29, 1.82) is 0 Å². The van der Waals surface area contributed by atoms with Crippen molar-refractivity contribution in [2.24, 2.45) is 0 Å². The number of carbonyl (C=O) groups excluding carboxylic acids is 4. The van der Waals surface area contributed by atoms with Gasteiger partial charge in [-0.2, -0.15) is 0 Å². The van der Waals surface area contributed by atoms with Crippen molar-refractivity contribution in [2.45, 2.75) is 457 Å². The van der Waals surface area contributed by atoms with Crippen molar-refractivity contribution in [2.75, 3.05) is 39.6 Å². The third-order valence-electron chi connectivity index (χ3n) is 19.1. The molecule has 594 valence electrons. The number of hydrogen-bond acceptors (Lipinski definition) is 15. The van der Waals surface area contributed by atoms with E-state index < -0.39 is 97.5 Å². The number of carbonyl (C=O) groups is 4. The van der Waals surface area contributed by atoms with Crippen molar-refractivity contribution in [3.63, 3.8) is 0 Å². The Labute approximate surface area is 613 Å². The molecule has 0 saturated heterocycles. The second-order valence-electron chi connectivity index (χ2n) is 29.2. The molecule has 0 rings (SSSR count). The minimum absolute atomic E-state index is 0.109. The Kier molecular flexibility index (Phi) is 73.8. The average molecular weight is 1470 g/mol. The summed E-state index contributed by atoms with van der Waals surface area (Å²) in [7, 11) is -9.92. The number of hydrogen-bond donors (Lipinski definition) is 3. The van der Waals surface area contributed by atoms with Crippen molar-refractivity contribution in [3.05, 3.63) is 0 Å². The Hall–Kier alpha value is -1.94. The van der Waals surface area contributed by atoms with Crippen LogP contribution in [0.25, 0.3) is 0 Å². The molecule has 0 aliphatic carbocycles. The molecule has 0 spiro atoms. The van der Waals surface area contributed by atoms with Crippen LogP contribution in [0.15, 0.2) is 0 Å². The highest BCUT2D eigenvalue weighted by Crippen LogP contribution is 2.45. The van der Waals surface area contributed by atoms with Crippen LogP contribution >= 0.6 is 15.6 Å². The number of esters is 4. The molecule has 100 heavy (non-hydrogen) atoms. The molecular weight excluding hydrogens is 1310 g/mol. The van der Waals surface area contributed by atoms with Crippen LogP contribution in [0.4, 0.5) is 0 Å². The molecule has 0 aromatic rings. The van der Waals surface area contributed by atoms with Crippen LogP contribution in [0.5, 0.6) is 0 Å². The van der Waals surface area contributed by atoms with Crippen LogP contribution < -0.4 is 0 Å². The van der Waals surface area contributed by atoms with E-state index in [0.29, 0.717) is 25.7 Å². The Morgan fingerprint density at radius 1 is 0.240 bits per heavy atom. The highest BCUT2D eigenvalue weighted by Gasteiger charge is 2.30. The fourth-order valence-electron chi connectivity index (χ4n) is 12.6. The van der Waals surface area contributed by atoms with Crippen molar-refractivity contribution in [3.8, 4) is 0 Å². The number of phosphoric acid groups is 2. The first-order valence-corrected chi connectivity index (χ1v) is 45.3. The van der Waals surface area contributed by atoms with Gasteiger partial charge < -0.3 is 33.8 Å². The molecule has 0 aliphatic rings. The van der Waals surface area contributed by atoms with E-state index in [9.17, 15) is 43.2 Å². The van der Waals surface area contributed by atoms with Crippen molar-refractivity contribution in [1.82, 2.24) is 0 Å². The second kappa shape index (κ2) is 75.3. The molecule has 0 heterocycles. The third-order valence-corrected chi connectivity index (χ3v) is 21.0. The first-order chi connectivity index (χ1) is 48.7. The van der Waals surface area contributed by atoms with E-state index >= 15 is 0 Å². The number of aliphatic hydroxyl groups is 1. The summed E-state index contributed by atoms with van der Waals surface area (Å²) in [6.07, 6.45) is 67.8. The molecular formula is C81H158O17P2. The van der Waals surface area contributed by atoms with Gasteiger partial charge in [0.25, 0.3) is 0 Å². The summed E-state index contributed by atoms with van der Waals surface area (Å²) in [5, 5.41) is 10.6. The topological polar surface area (TPSA) is 237 Å². The summed E-state index contributed by atoms with van der Waals surface area (Å²) < 4.78 is 68.7. The van der Waals surface area contributed by atoms with E-state index in [2.05, 4.69) is 27.7 Å². The SMILES string of the molecule is CCCCCCCCCCCCCCCCCCCCC(=O)O[C@H](COC(=O)CCCCCCCCCCCCCCCCCCC)COP(=O)(O)OC[C@@H](O)COP(=O)(O)OC[C@@H](COC(=O)CCCCCCCCCCCCC)OC(=O)CCCCCCCCCCCCCCCC. The zero-order valence-corrected chi connectivity index (χ0v) is 67.0. The molecule has 3 N–H and O–H groups in total. The number of unbranched alkanes of at least 4 members (excludes halogenated alkanes) is 56. The van der Waals surface area contributed by atoms with Crippen LogP contribution in [-0.4, -0.2) is 96.7 Å². The summed E-state index contributed by atoms with van der Waals surface area (Å²) in [5.41, 5.74) is 0. The van der Waals surface area contributed by atoms with Gasteiger partial charge in [-0.3, -0.25) is 37.3 Å². The zero-order valence-electron chi connectivity index (χ0n) is 65.2. The maximum Gasteiger partial charge on any atom is 0.472 e. The van der Waals surface area contributed by atoms with Crippen molar-refractivity contribution < 1.29 is 80.2 Å². The molecule has 0 amide bonds. The predicted octanol–water partition coefficient (Wildman–Crippen LogP) is 24.6. The van der Waals surface area contributed by atoms with Gasteiger partial charge in [0.1, 0.15) is 19.3 Å². The van der Waals surface area contributed by atoms with Crippen LogP contribution in [0.1, 0.15) is 439 Å². The highest BCUT2D eigenvalue weighted by molar-refractivity contribution is 7.47. The Morgan fingerprint density at radius 2 is 0.400 bits per heavy atom. The standard InChI is InChI=1S/C81H158O17P2/c1-5-9-13-17-21-25-29-32-35-37-39-41-44-48-52-56-60-64-68-81(86)98-77(72-92-79(84)66-62-58-54-50-46-43-40-38-36-33-30-26-22-18-14-10-6-2)74-96-100(89,90)94-70-75(82)69-93-99(87,88)95-73-76(71-91-78(83)65-61-57-53-49-45-28-24-20-16-12-8-4)97-80(85)67-63-59-55-51-47-42-34-31-27-23-19-15-11-7-3/h75-77,82H,5-74H2,1-4H3,(H,87,88)(H,89,90)/t75-,76+,77+/m0/s1. The van der Waals surface area contributed by atoms with Gasteiger partial charge in [0.15, 0.2) is 12.2 Å². The minimum Gasteiger partial charge on any atom is -0.462 e. The minimum atomic E-state index is -4.96. The van der Waals surface area contributed by atoms with E-state index in [-0.39, 0.29) is 25.7 Å². The van der Waals surface area contributed by atoms with Gasteiger partial charge in [0.2, 0.25) is 0 Å². The predicted molar refractivity (Wildman–Crippen MR) is 409 cm³/mol. The molecule has 0 aliphatic heterocycles. The van der Waals surface area contributed by atoms with Gasteiger partial charge in [0, 0.05) is 25.7 Å². The molecule has 2 unspecified atom stereocenters. The maximum atomic E-state index is 13.1. The number of phosphoric ester groups is 2. The maximum absolute atomic E-state index is 13.1. The summed E-state index contributed by atoms with van der Waals surface area (Å²) in [4.78, 5) is 73.0. The molecule has 0 bridgehead atoms. The monoisotopic (exact) mass is 1470 g/mol. The largest absolute Gasteiger partial charge is 0.472 e. The van der Waals surface area contributed by atoms with Gasteiger partial charge in [-0.05, 0) is 25.7 Å². The molecule has 5 atom stereocenters. The Bertz CT molecular complexity index is 1890. The number of rotatable bonds is 82. The number of ether oxygens (including phenoxy) is 4. The smallest absolute Gasteiger partial charge is 0.462 e. The first-order valence-electron chi connectivity index (χ1n) is 42.3. The fourth-order valence-corrected chi connectivity index (χ4v) is 14.2. The molecule has 0 fully saturated rings. The number of aliphatic hydroxyl groups excluding tert-OH is 1. The molecule has 19 heteroatoms. The summed E-state index contributed by atoms with van der Waals surface area (Å²) >= 11 is 0. The quantitative estimate of drug-likeness (QED) is 0.0222. The third kappa shape index (κ3) is 74.3. The van der Waals surface area contributed by atoms with Gasteiger partial charge in [0.05, 0.1) is 26.4 Å². The zero-order chi connectivity index (χ0) is 73.2. The fraction of sp³-hybridized carbons (Fsp3) is 0.951. The molecule has 17 nitrogen and oxygen atoms in total. The normalized spacial score (nSPS) is 13.8. The molecule has 0 aromatic heterocycles. The lowest BCUT2D eigenvalue weighted by Crippen LogP contribution is -2.30. The van der Waals surface area contributed by atoms with E-state index in [1.54, 1.807) is 0 Å². The highest BCUT2D eigenvalue weighted by atomic mass is 31.2. The average Bonchev–Trinajstić information content (AvgIpc) is 1.00. The van der Waals surface area contributed by atoms with Gasteiger partial charge >= 0.3 is 39.5 Å². The Morgan fingerprint density at radius 3 is 0.590 bits per heavy atom. The van der Waals surface area contributed by atoms with Gasteiger partial charge in [-0.25, -0.2) is 9.13 Å². The van der Waals surface area contributed by atoms with Crippen LogP contribution in [0.2, 0.25) is 0 Å². The van der Waals surface area contributed by atoms with Gasteiger partial charge in [-0.15, -0.1) is 0 Å². The molecule has 0 saturated carbocycles. The van der Waals surface area contributed by atoms with E-state index in [0.717, 1.165) is 89.9 Å². The van der Waals surface area contributed by atoms with Gasteiger partial charge in [-0.1, -0.05) is 387 Å². The van der Waals surface area contributed by atoms with Crippen LogP contribution in [0, 0.1) is 0 Å².